The van der Waals surface area contributed by atoms with Gasteiger partial charge in [0.05, 0.1) is 11.5 Å². The Morgan fingerprint density at radius 1 is 1.45 bits per heavy atom. The van der Waals surface area contributed by atoms with Crippen LogP contribution in [0.25, 0.3) is 0 Å². The number of nitro groups is 1. The molecule has 9 nitrogen and oxygen atoms in total. The summed E-state index contributed by atoms with van der Waals surface area (Å²) in [6.07, 6.45) is 1.10. The number of amides is 1. The molecule has 0 saturated heterocycles. The van der Waals surface area contributed by atoms with Crippen LogP contribution in [-0.2, 0) is 4.79 Å². The van der Waals surface area contributed by atoms with Gasteiger partial charge in [-0.05, 0) is 13.8 Å². The van der Waals surface area contributed by atoms with Crippen LogP contribution >= 0.6 is 0 Å². The molecule has 0 radical (unpaired) electrons. The first-order valence-corrected chi connectivity index (χ1v) is 6.24. The van der Waals surface area contributed by atoms with E-state index in [2.05, 4.69) is 20.6 Å². The van der Waals surface area contributed by atoms with E-state index in [4.69, 9.17) is 0 Å². The lowest BCUT2D eigenvalue weighted by molar-refractivity contribution is -0.384. The first kappa shape index (κ1) is 15.6. The first-order chi connectivity index (χ1) is 9.53. The minimum absolute atomic E-state index is 0.0230. The van der Waals surface area contributed by atoms with Crippen molar-refractivity contribution in [2.24, 2.45) is 0 Å². The van der Waals surface area contributed by atoms with E-state index in [9.17, 15) is 14.9 Å². The standard InChI is InChI=1S/C11H18N6O3/c1-4-16(5-2)9(18)7-13-10-8(17(19)20)6-14-11(12-3)15-10/h6H,4-5,7H2,1-3H3,(H2,12,13,14,15). The van der Waals surface area contributed by atoms with E-state index in [-0.39, 0.29) is 29.9 Å². The van der Waals surface area contributed by atoms with Gasteiger partial charge in [0.15, 0.2) is 0 Å². The second-order valence-corrected chi connectivity index (χ2v) is 3.85. The Kier molecular flexibility index (Phi) is 5.63. The summed E-state index contributed by atoms with van der Waals surface area (Å²) in [5.41, 5.74) is -0.267. The van der Waals surface area contributed by atoms with Crippen LogP contribution in [0.1, 0.15) is 13.8 Å². The maximum absolute atomic E-state index is 11.8. The number of hydrogen-bond acceptors (Lipinski definition) is 7. The molecule has 0 saturated carbocycles. The maximum atomic E-state index is 11.8. The molecule has 0 aliphatic heterocycles. The predicted molar refractivity (Wildman–Crippen MR) is 74.7 cm³/mol. The average Bonchev–Trinajstić information content (AvgIpc) is 2.45. The Labute approximate surface area is 116 Å². The lowest BCUT2D eigenvalue weighted by Crippen LogP contribution is -2.35. The number of carbonyl (C=O) groups excluding carboxylic acids is 1. The number of aromatic nitrogens is 2. The molecule has 0 aliphatic carbocycles. The highest BCUT2D eigenvalue weighted by Crippen LogP contribution is 2.21. The topological polar surface area (TPSA) is 113 Å². The molecule has 2 N–H and O–H groups in total. The molecule has 0 bridgehead atoms. The molecule has 0 aliphatic rings. The summed E-state index contributed by atoms with van der Waals surface area (Å²) in [4.78, 5) is 31.5. The van der Waals surface area contributed by atoms with Crippen molar-refractivity contribution in [2.45, 2.75) is 13.8 Å². The van der Waals surface area contributed by atoms with Gasteiger partial charge in [0.1, 0.15) is 6.20 Å². The van der Waals surface area contributed by atoms with Crippen molar-refractivity contribution < 1.29 is 9.72 Å². The third-order valence-electron chi connectivity index (χ3n) is 2.71. The monoisotopic (exact) mass is 282 g/mol. The molecule has 1 aromatic heterocycles. The van der Waals surface area contributed by atoms with Crippen molar-refractivity contribution in [2.75, 3.05) is 37.3 Å². The zero-order valence-corrected chi connectivity index (χ0v) is 11.7. The minimum atomic E-state index is -0.594. The van der Waals surface area contributed by atoms with E-state index < -0.39 is 4.92 Å². The number of nitrogens with zero attached hydrogens (tertiary/aromatic N) is 4. The third-order valence-corrected chi connectivity index (χ3v) is 2.71. The van der Waals surface area contributed by atoms with Gasteiger partial charge in [0, 0.05) is 20.1 Å². The largest absolute Gasteiger partial charge is 0.357 e. The number of nitrogens with one attached hydrogen (secondary N) is 2. The third kappa shape index (κ3) is 3.77. The number of likely N-dealkylation sites (N-methyl/N-ethyl adjacent to an activating group) is 1. The van der Waals surface area contributed by atoms with Crippen LogP contribution < -0.4 is 10.6 Å². The average molecular weight is 282 g/mol. The van der Waals surface area contributed by atoms with Gasteiger partial charge in [-0.2, -0.15) is 4.98 Å². The smallest absolute Gasteiger partial charge is 0.329 e. The normalized spacial score (nSPS) is 9.95. The molecule has 0 fully saturated rings. The summed E-state index contributed by atoms with van der Waals surface area (Å²) in [6, 6.07) is 0. The summed E-state index contributed by atoms with van der Waals surface area (Å²) in [7, 11) is 1.60. The zero-order chi connectivity index (χ0) is 15.1. The Balaban J connectivity index is 2.85. The second kappa shape index (κ2) is 7.22. The van der Waals surface area contributed by atoms with E-state index in [0.717, 1.165) is 6.20 Å². The van der Waals surface area contributed by atoms with Crippen molar-refractivity contribution in [1.82, 2.24) is 14.9 Å². The van der Waals surface area contributed by atoms with Crippen LogP contribution in [0.15, 0.2) is 6.20 Å². The fourth-order valence-corrected chi connectivity index (χ4v) is 1.61. The lowest BCUT2D eigenvalue weighted by atomic mass is 10.4. The highest BCUT2D eigenvalue weighted by atomic mass is 16.6. The van der Waals surface area contributed by atoms with Crippen LogP contribution in [-0.4, -0.2) is 52.4 Å². The Hall–Kier alpha value is -2.45. The number of carbonyl (C=O) groups is 1. The quantitative estimate of drug-likeness (QED) is 0.559. The van der Waals surface area contributed by atoms with E-state index in [1.807, 2.05) is 13.8 Å². The first-order valence-electron chi connectivity index (χ1n) is 6.24. The van der Waals surface area contributed by atoms with E-state index in [1.165, 1.54) is 0 Å². The van der Waals surface area contributed by atoms with Gasteiger partial charge in [-0.1, -0.05) is 0 Å². The fourth-order valence-electron chi connectivity index (χ4n) is 1.61. The van der Waals surface area contributed by atoms with Crippen molar-refractivity contribution in [3.63, 3.8) is 0 Å². The minimum Gasteiger partial charge on any atom is -0.357 e. The molecule has 1 amide bonds. The van der Waals surface area contributed by atoms with Gasteiger partial charge in [0.25, 0.3) is 0 Å². The summed E-state index contributed by atoms with van der Waals surface area (Å²) in [5.74, 6) is 0.122. The molecule has 110 valence electrons. The van der Waals surface area contributed by atoms with Gasteiger partial charge < -0.3 is 15.5 Å². The molecule has 0 atom stereocenters. The number of anilines is 2. The van der Waals surface area contributed by atoms with Gasteiger partial charge in [-0.3, -0.25) is 14.9 Å². The highest BCUT2D eigenvalue weighted by molar-refractivity contribution is 5.81. The van der Waals surface area contributed by atoms with Gasteiger partial charge in [-0.15, -0.1) is 0 Å². The van der Waals surface area contributed by atoms with E-state index in [0.29, 0.717) is 13.1 Å². The second-order valence-electron chi connectivity index (χ2n) is 3.85. The summed E-state index contributed by atoms with van der Waals surface area (Å²) in [6.45, 7) is 4.86. The number of rotatable bonds is 7. The van der Waals surface area contributed by atoms with E-state index >= 15 is 0 Å². The molecular weight excluding hydrogens is 264 g/mol. The fraction of sp³-hybridized carbons (Fsp3) is 0.545. The highest BCUT2D eigenvalue weighted by Gasteiger charge is 2.18. The predicted octanol–water partition coefficient (Wildman–Crippen LogP) is 0.707. The molecular formula is C11H18N6O3. The van der Waals surface area contributed by atoms with Crippen LogP contribution in [0.4, 0.5) is 17.5 Å². The Morgan fingerprint density at radius 2 is 2.10 bits per heavy atom. The van der Waals surface area contributed by atoms with Crippen LogP contribution in [0.3, 0.4) is 0 Å². The summed E-state index contributed by atoms with van der Waals surface area (Å²) in [5, 5.41) is 16.3. The van der Waals surface area contributed by atoms with Crippen molar-refractivity contribution >= 4 is 23.4 Å². The van der Waals surface area contributed by atoms with Crippen LogP contribution in [0.5, 0.6) is 0 Å². The van der Waals surface area contributed by atoms with Crippen LogP contribution in [0, 0.1) is 10.1 Å². The molecule has 1 heterocycles. The molecule has 0 unspecified atom stereocenters. The molecule has 1 aromatic rings. The van der Waals surface area contributed by atoms with Crippen molar-refractivity contribution in [1.29, 1.82) is 0 Å². The van der Waals surface area contributed by atoms with Gasteiger partial charge >= 0.3 is 5.69 Å². The van der Waals surface area contributed by atoms with Gasteiger partial charge in [0.2, 0.25) is 17.7 Å². The van der Waals surface area contributed by atoms with Crippen molar-refractivity contribution in [3.8, 4) is 0 Å². The van der Waals surface area contributed by atoms with Gasteiger partial charge in [-0.25, -0.2) is 4.98 Å². The van der Waals surface area contributed by atoms with E-state index in [1.54, 1.807) is 11.9 Å². The van der Waals surface area contributed by atoms with Crippen LogP contribution in [0.2, 0.25) is 0 Å². The molecule has 1 rings (SSSR count). The molecule has 0 aromatic carbocycles. The van der Waals surface area contributed by atoms with Crippen molar-refractivity contribution in [3.05, 3.63) is 16.3 Å². The SMILES string of the molecule is CCN(CC)C(=O)CNc1nc(NC)ncc1[N+](=O)[O-]. The Bertz CT molecular complexity index is 489. The number of hydrogen-bond donors (Lipinski definition) is 2. The molecule has 0 spiro atoms. The summed E-state index contributed by atoms with van der Waals surface area (Å²) >= 11 is 0. The summed E-state index contributed by atoms with van der Waals surface area (Å²) < 4.78 is 0. The molecule has 9 heteroatoms. The zero-order valence-electron chi connectivity index (χ0n) is 11.7. The lowest BCUT2D eigenvalue weighted by Gasteiger charge is -2.18. The Morgan fingerprint density at radius 3 is 2.60 bits per heavy atom. The maximum Gasteiger partial charge on any atom is 0.329 e. The molecule has 20 heavy (non-hydrogen) atoms.